The van der Waals surface area contributed by atoms with Crippen LogP contribution < -0.4 is 5.32 Å². The van der Waals surface area contributed by atoms with Gasteiger partial charge in [-0.1, -0.05) is 173 Å². The molecular formula is C63H77N3O13. The quantitative estimate of drug-likeness (QED) is 0.0601. The van der Waals surface area contributed by atoms with Gasteiger partial charge in [0.2, 0.25) is 0 Å². The zero-order chi connectivity index (χ0) is 64.2. The van der Waals surface area contributed by atoms with Gasteiger partial charge in [0.15, 0.2) is 0 Å². The third kappa shape index (κ3) is 20.6. The molecule has 0 unspecified atom stereocenters. The van der Waals surface area contributed by atoms with Gasteiger partial charge < -0.3 is 49.4 Å². The van der Waals surface area contributed by atoms with Crippen LogP contribution in [0.15, 0.2) is 146 Å². The van der Waals surface area contributed by atoms with Crippen LogP contribution in [0.1, 0.15) is 121 Å². The number of Topliss-reactive ketones (excluding diaryl/α,β-unsaturated/α-hetero) is 1. The van der Waals surface area contributed by atoms with Crippen molar-refractivity contribution < 1.29 is 71.3 Å². The lowest BCUT2D eigenvalue weighted by molar-refractivity contribution is -0.137. The number of aliphatic carboxylic acids is 3. The van der Waals surface area contributed by atoms with E-state index in [0.29, 0.717) is 16.4 Å². The van der Waals surface area contributed by atoms with E-state index < -0.39 is 57.0 Å². The molecule has 16 heteroatoms. The fraction of sp³-hybridized carbons (Fsp3) is 0.317. The SMILES string of the molecule is CC.CC.CC(C)=O.[13CH3]C(=O)O.[13CH3]C(=O)O.[13CH3]NC(=O)OCC1c2ccccc2-c2ccccc21.[2H]C([2H])([2H])N([13CH3])C(=O)OCC1c2ccccc2-c2ccccc21.[2H]C([2H])([2H])[15N](CCC(=O)O)C(=O)OCC1c2ccccc2-c2ccccc21. The molecule has 0 radical (unpaired) electrons. The van der Waals surface area contributed by atoms with E-state index in [9.17, 15) is 24.0 Å². The second-order valence-electron chi connectivity index (χ2n) is 17.0. The summed E-state index contributed by atoms with van der Waals surface area (Å²) in [6, 6.07) is 48.2. The highest BCUT2D eigenvalue weighted by Gasteiger charge is 2.31. The zero-order valence-electron chi connectivity index (χ0n) is 52.4. The predicted octanol–water partition coefficient (Wildman–Crippen LogP) is 12.8. The predicted molar refractivity (Wildman–Crippen MR) is 309 cm³/mol. The zero-order valence-corrected chi connectivity index (χ0v) is 46.4. The number of benzene rings is 6. The lowest BCUT2D eigenvalue weighted by atomic mass is 9.98. The Balaban J connectivity index is 0.000000389. The number of amides is 3. The number of ether oxygens (including phenoxy) is 3. The van der Waals surface area contributed by atoms with Gasteiger partial charge in [0.1, 0.15) is 25.6 Å². The van der Waals surface area contributed by atoms with Crippen LogP contribution in [0.25, 0.3) is 33.4 Å². The summed E-state index contributed by atoms with van der Waals surface area (Å²) >= 11 is 0. The monoisotopic (exact) mass is 1090 g/mol. The normalized spacial score (nSPS) is 12.6. The molecular weight excluding hydrogens is 1010 g/mol. The van der Waals surface area contributed by atoms with Crippen molar-refractivity contribution in [3.8, 4) is 33.4 Å². The molecule has 0 saturated carbocycles. The second-order valence-corrected chi connectivity index (χ2v) is 17.0. The molecule has 16 nitrogen and oxygen atoms in total. The lowest BCUT2D eigenvalue weighted by Crippen LogP contribution is -2.30. The van der Waals surface area contributed by atoms with Crippen molar-refractivity contribution in [2.24, 2.45) is 0 Å². The molecule has 3 aliphatic carbocycles. The molecule has 0 spiro atoms. The minimum absolute atomic E-state index is 0.0213. The van der Waals surface area contributed by atoms with Gasteiger partial charge in [-0.05, 0) is 80.6 Å². The molecule has 9 rings (SSSR count). The van der Waals surface area contributed by atoms with Crippen LogP contribution in [0.2, 0.25) is 0 Å². The lowest BCUT2D eigenvalue weighted by Gasteiger charge is -2.19. The number of hydrogen-bond donors (Lipinski definition) is 4. The van der Waals surface area contributed by atoms with Crippen molar-refractivity contribution in [2.75, 3.05) is 54.4 Å². The van der Waals surface area contributed by atoms with E-state index in [1.807, 2.05) is 149 Å². The number of nitrogens with one attached hydrogen (secondary N) is 1. The molecule has 4 N–H and O–H groups in total. The number of alkyl carbamates (subject to hydrolysis) is 1. The van der Waals surface area contributed by atoms with Gasteiger partial charge in [0.25, 0.3) is 11.9 Å². The molecule has 0 aliphatic heterocycles. The molecule has 3 aliphatic rings. The average molecular weight is 1100 g/mol. The Bertz CT molecular complexity index is 2990. The maximum Gasteiger partial charge on any atom is 0.409 e. The van der Waals surface area contributed by atoms with Gasteiger partial charge in [-0.2, -0.15) is 0 Å². The Labute approximate surface area is 473 Å². The summed E-state index contributed by atoms with van der Waals surface area (Å²) in [5.74, 6) is -2.82. The number of nitrogens with zero attached hydrogens (tertiary/aromatic N) is 2. The van der Waals surface area contributed by atoms with Gasteiger partial charge in [-0.15, -0.1) is 0 Å². The summed E-state index contributed by atoms with van der Waals surface area (Å²) in [4.78, 5) is 74.8. The summed E-state index contributed by atoms with van der Waals surface area (Å²) in [6.45, 7) is 7.98. The summed E-state index contributed by atoms with van der Waals surface area (Å²) in [5.41, 5.74) is 13.5. The van der Waals surface area contributed by atoms with Crippen molar-refractivity contribution in [3.63, 3.8) is 0 Å². The Morgan fingerprint density at radius 2 is 0.722 bits per heavy atom. The summed E-state index contributed by atoms with van der Waals surface area (Å²) in [7, 11) is 2.78. The number of carboxylic acids is 3. The van der Waals surface area contributed by atoms with Gasteiger partial charge in [0.05, 0.1) is 6.42 Å². The van der Waals surface area contributed by atoms with E-state index in [1.54, 1.807) is 7.05 Å². The average Bonchev–Trinajstić information content (AvgIpc) is 2.98. The van der Waals surface area contributed by atoms with E-state index in [4.69, 9.17) is 47.3 Å². The highest BCUT2D eigenvalue weighted by atomic mass is 16.6. The molecule has 6 aromatic carbocycles. The molecule has 0 fully saturated rings. The minimum atomic E-state index is -2.77. The largest absolute Gasteiger partial charge is 0.481 e. The molecule has 0 bridgehead atoms. The highest BCUT2D eigenvalue weighted by molar-refractivity contribution is 5.81. The number of fused-ring (bicyclic) bond motifs is 9. The number of carboxylic acid groups (broad SMARTS) is 3. The third-order valence-corrected chi connectivity index (χ3v) is 11.3. The van der Waals surface area contributed by atoms with Gasteiger partial charge in [-0.25, -0.2) is 14.4 Å². The van der Waals surface area contributed by atoms with Crippen LogP contribution in [0.3, 0.4) is 0 Å². The summed E-state index contributed by atoms with van der Waals surface area (Å²) < 4.78 is 59.9. The fourth-order valence-corrected chi connectivity index (χ4v) is 8.33. The molecule has 6 aromatic rings. The van der Waals surface area contributed by atoms with Gasteiger partial charge >= 0.3 is 24.2 Å². The number of carbonyl (C=O) groups is 7. The van der Waals surface area contributed by atoms with Crippen molar-refractivity contribution in [2.45, 2.75) is 79.6 Å². The van der Waals surface area contributed by atoms with Crippen LogP contribution in [0.5, 0.6) is 0 Å². The first-order chi connectivity index (χ1) is 40.2. The maximum absolute atomic E-state index is 12.3. The van der Waals surface area contributed by atoms with Crippen molar-refractivity contribution in [3.05, 3.63) is 179 Å². The van der Waals surface area contributed by atoms with E-state index in [1.165, 1.54) is 43.1 Å². The van der Waals surface area contributed by atoms with Gasteiger partial charge in [-0.3, -0.25) is 14.4 Å². The van der Waals surface area contributed by atoms with E-state index >= 15 is 0 Å². The first kappa shape index (κ1) is 56.4. The second kappa shape index (κ2) is 34.8. The smallest absolute Gasteiger partial charge is 0.409 e. The molecule has 3 amide bonds. The molecule has 0 heterocycles. The first-order valence-electron chi connectivity index (χ1n) is 28.5. The number of ketones is 1. The fourth-order valence-electron chi connectivity index (χ4n) is 8.33. The van der Waals surface area contributed by atoms with Crippen molar-refractivity contribution >= 4 is 42.0 Å². The van der Waals surface area contributed by atoms with E-state index in [2.05, 4.69) is 29.6 Å². The van der Waals surface area contributed by atoms with E-state index in [-0.39, 0.29) is 42.8 Å². The van der Waals surface area contributed by atoms with E-state index in [0.717, 1.165) is 58.4 Å². The Morgan fingerprint density at radius 3 is 0.962 bits per heavy atom. The Morgan fingerprint density at radius 1 is 0.468 bits per heavy atom. The highest BCUT2D eigenvalue weighted by Crippen LogP contribution is 2.47. The molecule has 79 heavy (non-hydrogen) atoms. The summed E-state index contributed by atoms with van der Waals surface area (Å²) in [5, 5.41) is 26.1. The summed E-state index contributed by atoms with van der Waals surface area (Å²) in [6.07, 6.45) is -2.74. The minimum Gasteiger partial charge on any atom is -0.481 e. The first-order valence-corrected chi connectivity index (χ1v) is 25.5. The molecule has 0 aromatic heterocycles. The molecule has 422 valence electrons. The van der Waals surface area contributed by atoms with Crippen LogP contribution in [0, 0.1) is 0 Å². The van der Waals surface area contributed by atoms with Crippen LogP contribution in [0.4, 0.5) is 14.4 Å². The van der Waals surface area contributed by atoms with Crippen molar-refractivity contribution in [1.29, 1.82) is 0 Å². The number of rotatable bonds is 9. The van der Waals surface area contributed by atoms with Gasteiger partial charge in [0, 0.05) is 74.4 Å². The third-order valence-electron chi connectivity index (χ3n) is 11.3. The number of carbonyl (C=O) groups excluding carboxylic acids is 4. The molecule has 0 atom stereocenters. The van der Waals surface area contributed by atoms with Crippen molar-refractivity contribution in [1.82, 2.24) is 15.1 Å². The Hall–Kier alpha value is -8.79. The van der Waals surface area contributed by atoms with Crippen LogP contribution in [-0.4, -0.2) is 122 Å². The van der Waals surface area contributed by atoms with Crippen LogP contribution in [-0.2, 0) is 33.4 Å². The van der Waals surface area contributed by atoms with Crippen LogP contribution >= 0.6 is 0 Å². The maximum atomic E-state index is 12.3. The Kier molecular flexibility index (Phi) is 24.8. The number of hydrogen-bond acceptors (Lipinski definition) is 10. The topological polar surface area (TPSA) is 226 Å². The standard InChI is InChI=1S/C19H19NO4.C17H17NO2.C16H15NO2.C3H6O.2C2H4O2.2C2H6/c1-20(11-10-18(21)22)19(23)24-12-17-15-8-4-2-6-13(15)14-7-3-5-9-16(14)17;1-18(2)17(19)20-11-16-14-9-5-3-7-12(14)13-8-4-6-10-15(13)16;1-17-16(18)19-10-15-13-8-4-2-6-11(13)12-7-3-5-9-14(12)15;1-3(2)4;2*1-2(3)4;2*1-2/h2-9,17H,10-12H2,1H3,(H,21,22);3-10,16H,11H2,1-2H3;2-9,15H,10H2,1H3,(H,17,18);1-2H3;2*1H3,(H,3,4);2*1-2H3/i1D3,20+1;1D3,2+1;1+1;;2*1+1;;. The molecule has 0 saturated heterocycles.